The Bertz CT molecular complexity index is 2230. The van der Waals surface area contributed by atoms with E-state index in [0.29, 0.717) is 12.1 Å². The lowest BCUT2D eigenvalue weighted by molar-refractivity contribution is 0.603. The van der Waals surface area contributed by atoms with E-state index < -0.39 is 0 Å². The van der Waals surface area contributed by atoms with E-state index in [4.69, 9.17) is 5.10 Å². The van der Waals surface area contributed by atoms with Gasteiger partial charge in [0.05, 0.1) is 29.6 Å². The van der Waals surface area contributed by atoms with Crippen LogP contribution < -0.4 is 0 Å². The molecule has 0 amide bonds. The number of rotatable bonds is 4. The lowest BCUT2D eigenvalue weighted by Gasteiger charge is -2.35. The number of hydrogen-bond donors (Lipinski definition) is 0. The van der Waals surface area contributed by atoms with Gasteiger partial charge in [-0.3, -0.25) is 4.68 Å². The molecule has 0 unspecified atom stereocenters. The molecule has 43 heavy (non-hydrogen) atoms. The van der Waals surface area contributed by atoms with Crippen LogP contribution in [0.2, 0.25) is 0 Å². The number of nitriles is 1. The Morgan fingerprint density at radius 2 is 1.53 bits per heavy atom. The van der Waals surface area contributed by atoms with Crippen LogP contribution in [0.5, 0.6) is 0 Å². The molecule has 206 valence electrons. The van der Waals surface area contributed by atoms with E-state index in [1.165, 1.54) is 46.7 Å². The zero-order valence-electron chi connectivity index (χ0n) is 23.8. The van der Waals surface area contributed by atoms with Crippen molar-refractivity contribution in [2.24, 2.45) is 0 Å². The van der Waals surface area contributed by atoms with E-state index in [1.54, 1.807) is 11.8 Å². The normalized spacial score (nSPS) is 13.5. The van der Waals surface area contributed by atoms with Gasteiger partial charge in [-0.2, -0.15) is 10.4 Å². The largest absolute Gasteiger partial charge is 0.260 e. The number of aromatic nitrogens is 2. The van der Waals surface area contributed by atoms with Gasteiger partial charge in [0.15, 0.2) is 0 Å². The minimum atomic E-state index is -0.170. The molecule has 0 atom stereocenters. The Morgan fingerprint density at radius 3 is 2.40 bits per heavy atom. The van der Waals surface area contributed by atoms with E-state index in [2.05, 4.69) is 128 Å². The summed E-state index contributed by atoms with van der Waals surface area (Å²) >= 11 is 3.60. The lowest BCUT2D eigenvalue weighted by Crippen LogP contribution is -2.24. The standard InChI is InChI=1S/C38H27N3S2/c1-38(2)30-16-12-24(22-39)19-37(30)43-35-17-13-25(18-31(35)38)23-41-33(26-8-4-3-5-9-26)21-32(40-41)27-14-15-29-28-10-6-7-11-34(28)42-36(29)20-27/h3-21H,23H2,1-2H3. The summed E-state index contributed by atoms with van der Waals surface area (Å²) in [7, 11) is 0. The van der Waals surface area contributed by atoms with Crippen molar-refractivity contribution in [1.29, 1.82) is 5.26 Å². The van der Waals surface area contributed by atoms with Gasteiger partial charge in [-0.05, 0) is 58.7 Å². The van der Waals surface area contributed by atoms with Crippen LogP contribution in [0.15, 0.2) is 125 Å². The monoisotopic (exact) mass is 589 g/mol. The molecule has 0 radical (unpaired) electrons. The van der Waals surface area contributed by atoms with Crippen molar-refractivity contribution < 1.29 is 0 Å². The summed E-state index contributed by atoms with van der Waals surface area (Å²) in [5.41, 5.74) is 8.71. The molecule has 0 bridgehead atoms. The quantitative estimate of drug-likeness (QED) is 0.205. The van der Waals surface area contributed by atoms with Gasteiger partial charge in [-0.25, -0.2) is 0 Å². The van der Waals surface area contributed by atoms with Gasteiger partial charge in [0.1, 0.15) is 0 Å². The first-order chi connectivity index (χ1) is 21.0. The molecule has 0 spiro atoms. The van der Waals surface area contributed by atoms with E-state index in [9.17, 15) is 5.26 Å². The summed E-state index contributed by atoms with van der Waals surface area (Å²) in [5.74, 6) is 0. The third-order valence-corrected chi connectivity index (χ3v) is 10.8. The number of hydrogen-bond acceptors (Lipinski definition) is 4. The van der Waals surface area contributed by atoms with Gasteiger partial charge in [0.25, 0.3) is 0 Å². The van der Waals surface area contributed by atoms with Crippen molar-refractivity contribution in [1.82, 2.24) is 9.78 Å². The molecule has 7 aromatic rings. The zero-order valence-corrected chi connectivity index (χ0v) is 25.5. The second kappa shape index (κ2) is 9.98. The number of thiophene rings is 1. The van der Waals surface area contributed by atoms with Gasteiger partial charge in [0, 0.05) is 40.9 Å². The summed E-state index contributed by atoms with van der Waals surface area (Å²) in [4.78, 5) is 2.42. The molecular weight excluding hydrogens is 563 g/mol. The molecule has 0 fully saturated rings. The fourth-order valence-corrected chi connectivity index (χ4v) is 8.85. The molecule has 1 aliphatic heterocycles. The molecule has 0 aliphatic carbocycles. The van der Waals surface area contributed by atoms with Crippen LogP contribution in [-0.4, -0.2) is 9.78 Å². The molecular formula is C38H27N3S2. The highest BCUT2D eigenvalue weighted by atomic mass is 32.2. The highest BCUT2D eigenvalue weighted by Crippen LogP contribution is 2.49. The Balaban J connectivity index is 1.20. The second-order valence-corrected chi connectivity index (χ2v) is 13.8. The summed E-state index contributed by atoms with van der Waals surface area (Å²) in [6, 6.07) is 43.3. The van der Waals surface area contributed by atoms with Crippen LogP contribution in [-0.2, 0) is 12.0 Å². The highest BCUT2D eigenvalue weighted by molar-refractivity contribution is 7.99. The fourth-order valence-electron chi connectivity index (χ4n) is 6.29. The van der Waals surface area contributed by atoms with Gasteiger partial charge in [-0.1, -0.05) is 104 Å². The molecule has 3 heterocycles. The third-order valence-electron chi connectivity index (χ3n) is 8.58. The fraction of sp³-hybridized carbons (Fsp3) is 0.105. The highest BCUT2D eigenvalue weighted by Gasteiger charge is 2.33. The van der Waals surface area contributed by atoms with Crippen molar-refractivity contribution in [2.45, 2.75) is 35.6 Å². The smallest absolute Gasteiger partial charge is 0.0992 e. The maximum absolute atomic E-state index is 9.43. The Labute approximate surface area is 259 Å². The molecule has 0 N–H and O–H groups in total. The van der Waals surface area contributed by atoms with Crippen LogP contribution in [0.1, 0.15) is 36.1 Å². The SMILES string of the molecule is CC1(C)c2ccc(C#N)cc2Sc2ccc(Cn3nc(-c4ccc5c(c4)sc4ccccc45)cc3-c3ccccc3)cc21. The maximum Gasteiger partial charge on any atom is 0.0992 e. The molecule has 3 nitrogen and oxygen atoms in total. The zero-order chi connectivity index (χ0) is 29.1. The summed E-state index contributed by atoms with van der Waals surface area (Å²) < 4.78 is 4.75. The van der Waals surface area contributed by atoms with Gasteiger partial charge < -0.3 is 0 Å². The van der Waals surface area contributed by atoms with Crippen LogP contribution in [0.25, 0.3) is 42.7 Å². The van der Waals surface area contributed by atoms with Crippen molar-refractivity contribution in [2.75, 3.05) is 0 Å². The molecule has 8 rings (SSSR count). The predicted molar refractivity (Wildman–Crippen MR) is 179 cm³/mol. The summed E-state index contributed by atoms with van der Waals surface area (Å²) in [6.07, 6.45) is 0. The first-order valence-corrected chi connectivity index (χ1v) is 16.0. The Morgan fingerprint density at radius 1 is 0.721 bits per heavy atom. The third kappa shape index (κ3) is 4.38. The van der Waals surface area contributed by atoms with E-state index >= 15 is 0 Å². The van der Waals surface area contributed by atoms with E-state index in [0.717, 1.165) is 22.5 Å². The van der Waals surface area contributed by atoms with Crippen LogP contribution in [0.4, 0.5) is 0 Å². The first-order valence-electron chi connectivity index (χ1n) is 14.4. The maximum atomic E-state index is 9.43. The molecule has 0 saturated heterocycles. The number of benzene rings is 5. The minimum Gasteiger partial charge on any atom is -0.260 e. The summed E-state index contributed by atoms with van der Waals surface area (Å²) in [6.45, 7) is 5.24. The minimum absolute atomic E-state index is 0.170. The van der Waals surface area contributed by atoms with Gasteiger partial charge in [-0.15, -0.1) is 11.3 Å². The number of nitrogens with zero attached hydrogens (tertiary/aromatic N) is 3. The van der Waals surface area contributed by atoms with Gasteiger partial charge in [0.2, 0.25) is 0 Å². The van der Waals surface area contributed by atoms with E-state index in [-0.39, 0.29) is 5.41 Å². The van der Waals surface area contributed by atoms with Crippen LogP contribution >= 0.6 is 23.1 Å². The Hall–Kier alpha value is -4.63. The van der Waals surface area contributed by atoms with Crippen molar-refractivity contribution in [3.8, 4) is 28.6 Å². The van der Waals surface area contributed by atoms with Crippen LogP contribution in [0, 0.1) is 11.3 Å². The molecule has 1 aliphatic rings. The van der Waals surface area contributed by atoms with Crippen LogP contribution in [0.3, 0.4) is 0 Å². The molecule has 5 aromatic carbocycles. The average molecular weight is 590 g/mol. The van der Waals surface area contributed by atoms with E-state index in [1.807, 2.05) is 23.5 Å². The molecule has 5 heteroatoms. The molecule has 2 aromatic heterocycles. The Kier molecular flexibility index (Phi) is 6.04. The summed E-state index contributed by atoms with van der Waals surface area (Å²) in [5, 5.41) is 17.2. The second-order valence-electron chi connectivity index (χ2n) is 11.6. The van der Waals surface area contributed by atoms with Crippen molar-refractivity contribution in [3.05, 3.63) is 138 Å². The van der Waals surface area contributed by atoms with Crippen molar-refractivity contribution in [3.63, 3.8) is 0 Å². The number of fused-ring (bicyclic) bond motifs is 5. The lowest BCUT2D eigenvalue weighted by atomic mass is 9.77. The first kappa shape index (κ1) is 26.0. The van der Waals surface area contributed by atoms with Crippen molar-refractivity contribution >= 4 is 43.3 Å². The van der Waals surface area contributed by atoms with Gasteiger partial charge >= 0.3 is 0 Å². The predicted octanol–water partition coefficient (Wildman–Crippen LogP) is 10.3. The topological polar surface area (TPSA) is 41.6 Å². The average Bonchev–Trinajstić information content (AvgIpc) is 3.63. The molecule has 0 saturated carbocycles.